The van der Waals surface area contributed by atoms with Crippen molar-refractivity contribution in [1.29, 1.82) is 0 Å². The zero-order valence-corrected chi connectivity index (χ0v) is 11.7. The molecule has 0 aliphatic heterocycles. The SMILES string of the molecule is CC(C)CC(CO)NC(=O)Cc1ccccc1[N+](=O)[O-]. The van der Waals surface area contributed by atoms with Gasteiger partial charge in [0.25, 0.3) is 5.69 Å². The van der Waals surface area contributed by atoms with Crippen LogP contribution < -0.4 is 5.32 Å². The third-order valence-electron chi connectivity index (χ3n) is 2.88. The van der Waals surface area contributed by atoms with Gasteiger partial charge >= 0.3 is 0 Å². The molecule has 2 N–H and O–H groups in total. The van der Waals surface area contributed by atoms with Crippen LogP contribution >= 0.6 is 0 Å². The van der Waals surface area contributed by atoms with Crippen LogP contribution in [0.15, 0.2) is 24.3 Å². The van der Waals surface area contributed by atoms with Crippen LogP contribution in [0.4, 0.5) is 5.69 Å². The van der Waals surface area contributed by atoms with E-state index in [9.17, 15) is 20.0 Å². The van der Waals surface area contributed by atoms with Gasteiger partial charge in [-0.05, 0) is 12.3 Å². The quantitative estimate of drug-likeness (QED) is 0.587. The molecule has 20 heavy (non-hydrogen) atoms. The highest BCUT2D eigenvalue weighted by Crippen LogP contribution is 2.18. The minimum atomic E-state index is -0.500. The predicted octanol–water partition coefficient (Wildman–Crippen LogP) is 1.66. The summed E-state index contributed by atoms with van der Waals surface area (Å²) in [5.74, 6) is 0.0255. The molecule has 1 rings (SSSR count). The summed E-state index contributed by atoms with van der Waals surface area (Å²) < 4.78 is 0. The molecule has 6 heteroatoms. The van der Waals surface area contributed by atoms with Crippen molar-refractivity contribution in [2.75, 3.05) is 6.61 Å². The Labute approximate surface area is 118 Å². The molecule has 1 amide bonds. The number of nitrogens with zero attached hydrogens (tertiary/aromatic N) is 1. The maximum Gasteiger partial charge on any atom is 0.273 e. The Hall–Kier alpha value is -1.95. The number of hydrogen-bond donors (Lipinski definition) is 2. The van der Waals surface area contributed by atoms with Gasteiger partial charge in [0.05, 0.1) is 24.0 Å². The summed E-state index contributed by atoms with van der Waals surface area (Å²) in [6.45, 7) is 3.86. The van der Waals surface area contributed by atoms with Crippen molar-refractivity contribution >= 4 is 11.6 Å². The van der Waals surface area contributed by atoms with Crippen LogP contribution in [-0.4, -0.2) is 28.6 Å². The van der Waals surface area contributed by atoms with E-state index in [0.29, 0.717) is 17.9 Å². The number of benzene rings is 1. The molecule has 0 bridgehead atoms. The maximum atomic E-state index is 11.9. The van der Waals surface area contributed by atoms with E-state index >= 15 is 0 Å². The Morgan fingerprint density at radius 2 is 2.05 bits per heavy atom. The fraction of sp³-hybridized carbons (Fsp3) is 0.500. The Morgan fingerprint density at radius 1 is 1.40 bits per heavy atom. The minimum Gasteiger partial charge on any atom is -0.394 e. The minimum absolute atomic E-state index is 0.0629. The monoisotopic (exact) mass is 280 g/mol. The van der Waals surface area contributed by atoms with Gasteiger partial charge in [-0.3, -0.25) is 14.9 Å². The standard InChI is InChI=1S/C14H20N2O4/c1-10(2)7-12(9-17)15-14(18)8-11-5-3-4-6-13(11)16(19)20/h3-6,10,12,17H,7-9H2,1-2H3,(H,15,18). The van der Waals surface area contributed by atoms with Gasteiger partial charge in [0.2, 0.25) is 5.91 Å². The molecule has 0 radical (unpaired) electrons. The van der Waals surface area contributed by atoms with Gasteiger partial charge in [0.15, 0.2) is 0 Å². The second kappa shape index (κ2) is 7.59. The van der Waals surface area contributed by atoms with E-state index in [1.807, 2.05) is 13.8 Å². The normalized spacial score (nSPS) is 12.2. The highest BCUT2D eigenvalue weighted by molar-refractivity contribution is 5.80. The van der Waals surface area contributed by atoms with Gasteiger partial charge in [0.1, 0.15) is 0 Å². The summed E-state index contributed by atoms with van der Waals surface area (Å²) in [7, 11) is 0. The maximum absolute atomic E-state index is 11.9. The molecule has 1 atom stereocenters. The highest BCUT2D eigenvalue weighted by atomic mass is 16.6. The molecule has 0 spiro atoms. The number of nitro groups is 1. The summed E-state index contributed by atoms with van der Waals surface area (Å²) in [6, 6.07) is 5.85. The van der Waals surface area contributed by atoms with E-state index in [4.69, 9.17) is 0 Å². The number of carbonyl (C=O) groups is 1. The van der Waals surface area contributed by atoms with Crippen LogP contribution in [0.5, 0.6) is 0 Å². The molecule has 1 aromatic rings. The van der Waals surface area contributed by atoms with Crippen molar-refractivity contribution in [2.45, 2.75) is 32.7 Å². The zero-order chi connectivity index (χ0) is 15.1. The summed E-state index contributed by atoms with van der Waals surface area (Å²) in [5.41, 5.74) is 0.309. The topological polar surface area (TPSA) is 92.5 Å². The molecule has 0 saturated heterocycles. The van der Waals surface area contributed by atoms with Gasteiger partial charge in [-0.1, -0.05) is 32.0 Å². The fourth-order valence-corrected chi connectivity index (χ4v) is 2.04. The Kier molecular flexibility index (Phi) is 6.11. The summed E-state index contributed by atoms with van der Waals surface area (Å²) >= 11 is 0. The first-order valence-electron chi connectivity index (χ1n) is 6.56. The molecule has 0 aliphatic carbocycles. The van der Waals surface area contributed by atoms with Crippen molar-refractivity contribution < 1.29 is 14.8 Å². The molecule has 0 aromatic heterocycles. The van der Waals surface area contributed by atoms with Crippen molar-refractivity contribution in [1.82, 2.24) is 5.32 Å². The van der Waals surface area contributed by atoms with Gasteiger partial charge in [-0.2, -0.15) is 0 Å². The lowest BCUT2D eigenvalue weighted by molar-refractivity contribution is -0.385. The number of nitrogens with one attached hydrogen (secondary N) is 1. The largest absolute Gasteiger partial charge is 0.394 e. The van der Waals surface area contributed by atoms with Crippen LogP contribution in [-0.2, 0) is 11.2 Å². The third-order valence-corrected chi connectivity index (χ3v) is 2.88. The highest BCUT2D eigenvalue weighted by Gasteiger charge is 2.18. The second-order valence-corrected chi connectivity index (χ2v) is 5.14. The first-order chi connectivity index (χ1) is 9.43. The molecule has 0 aliphatic rings. The smallest absolute Gasteiger partial charge is 0.273 e. The fourth-order valence-electron chi connectivity index (χ4n) is 2.04. The number of hydrogen-bond acceptors (Lipinski definition) is 4. The van der Waals surface area contributed by atoms with Crippen LogP contribution in [0, 0.1) is 16.0 Å². The van der Waals surface area contributed by atoms with Gasteiger partial charge in [0, 0.05) is 11.6 Å². The lowest BCUT2D eigenvalue weighted by Gasteiger charge is -2.18. The molecule has 1 aromatic carbocycles. The molecule has 1 unspecified atom stereocenters. The van der Waals surface area contributed by atoms with E-state index in [2.05, 4.69) is 5.32 Å². The van der Waals surface area contributed by atoms with Gasteiger partial charge in [-0.25, -0.2) is 0 Å². The average Bonchev–Trinajstić information content (AvgIpc) is 2.37. The number of nitro benzene ring substituents is 1. The van der Waals surface area contributed by atoms with E-state index in [1.54, 1.807) is 18.2 Å². The summed E-state index contributed by atoms with van der Waals surface area (Å²) in [5, 5.41) is 22.8. The van der Waals surface area contributed by atoms with Crippen molar-refractivity contribution in [3.63, 3.8) is 0 Å². The van der Waals surface area contributed by atoms with E-state index in [1.165, 1.54) is 6.07 Å². The van der Waals surface area contributed by atoms with Gasteiger partial charge < -0.3 is 10.4 Å². The van der Waals surface area contributed by atoms with E-state index < -0.39 is 4.92 Å². The Bertz CT molecular complexity index is 474. The summed E-state index contributed by atoms with van der Waals surface area (Å²) in [6.07, 6.45) is 0.602. The van der Waals surface area contributed by atoms with Crippen molar-refractivity contribution in [2.24, 2.45) is 5.92 Å². The number of para-hydroxylation sites is 1. The van der Waals surface area contributed by atoms with E-state index in [-0.39, 0.29) is 30.7 Å². The lowest BCUT2D eigenvalue weighted by Crippen LogP contribution is -2.39. The Balaban J connectivity index is 2.69. The van der Waals surface area contributed by atoms with Crippen molar-refractivity contribution in [3.05, 3.63) is 39.9 Å². The number of carbonyl (C=O) groups excluding carboxylic acids is 1. The van der Waals surface area contributed by atoms with Crippen LogP contribution in [0.25, 0.3) is 0 Å². The molecule has 0 saturated carbocycles. The number of aliphatic hydroxyl groups is 1. The summed E-state index contributed by atoms with van der Waals surface area (Å²) in [4.78, 5) is 22.3. The van der Waals surface area contributed by atoms with E-state index in [0.717, 1.165) is 0 Å². The predicted molar refractivity (Wildman–Crippen MR) is 75.3 cm³/mol. The second-order valence-electron chi connectivity index (χ2n) is 5.14. The van der Waals surface area contributed by atoms with Gasteiger partial charge in [-0.15, -0.1) is 0 Å². The molecular formula is C14H20N2O4. The third kappa shape index (κ3) is 4.97. The Morgan fingerprint density at radius 3 is 2.60 bits per heavy atom. The molecule has 0 heterocycles. The first-order valence-corrected chi connectivity index (χ1v) is 6.56. The van der Waals surface area contributed by atoms with Crippen molar-refractivity contribution in [3.8, 4) is 0 Å². The van der Waals surface area contributed by atoms with Crippen LogP contribution in [0.3, 0.4) is 0 Å². The molecule has 110 valence electrons. The molecule has 6 nitrogen and oxygen atoms in total. The number of amides is 1. The van der Waals surface area contributed by atoms with Crippen LogP contribution in [0.2, 0.25) is 0 Å². The first kappa shape index (κ1) is 16.1. The van der Waals surface area contributed by atoms with Crippen LogP contribution in [0.1, 0.15) is 25.8 Å². The molecular weight excluding hydrogens is 260 g/mol. The number of aliphatic hydroxyl groups excluding tert-OH is 1. The number of rotatable bonds is 7. The molecule has 0 fully saturated rings. The zero-order valence-electron chi connectivity index (χ0n) is 11.7. The lowest BCUT2D eigenvalue weighted by atomic mass is 10.0. The average molecular weight is 280 g/mol.